The summed E-state index contributed by atoms with van der Waals surface area (Å²) in [5.74, 6) is 6.53. The Morgan fingerprint density at radius 3 is 2.43 bits per heavy atom. The van der Waals surface area contributed by atoms with Gasteiger partial charge < -0.3 is 4.74 Å². The van der Waals surface area contributed by atoms with Crippen LogP contribution in [0.2, 0.25) is 0 Å². The average molecular weight is 477 g/mol. The summed E-state index contributed by atoms with van der Waals surface area (Å²) in [5.41, 5.74) is 4.05. The number of fused-ring (bicyclic) bond motifs is 5. The number of ether oxygens (including phenoxy) is 1. The van der Waals surface area contributed by atoms with Crippen molar-refractivity contribution in [3.8, 4) is 5.75 Å². The lowest BCUT2D eigenvalue weighted by atomic mass is 9.47. The van der Waals surface area contributed by atoms with E-state index in [9.17, 15) is 0 Å². The highest BCUT2D eigenvalue weighted by atomic mass is 16.5. The monoisotopic (exact) mass is 476 g/mol. The molecule has 0 aliphatic heterocycles. The van der Waals surface area contributed by atoms with Gasteiger partial charge in [0.2, 0.25) is 0 Å². The second-order valence-corrected chi connectivity index (χ2v) is 14.1. The summed E-state index contributed by atoms with van der Waals surface area (Å²) in [7, 11) is 0. The molecule has 1 aromatic carbocycles. The number of rotatable bonds is 7. The molecular formula is C34H52O. The van der Waals surface area contributed by atoms with E-state index in [1.54, 1.807) is 5.57 Å². The van der Waals surface area contributed by atoms with Gasteiger partial charge in [0.15, 0.2) is 0 Å². The van der Waals surface area contributed by atoms with Crippen molar-refractivity contribution in [1.29, 1.82) is 0 Å². The predicted molar refractivity (Wildman–Crippen MR) is 149 cm³/mol. The zero-order valence-corrected chi connectivity index (χ0v) is 23.6. The molecule has 3 saturated carbocycles. The number of allylic oxidation sites excluding steroid dienone is 1. The standard InChI is InChI=1S/C34H52O/c1-23(2)8-7-9-25(4)30-16-17-31-29-15-12-26-22-28(35-27-13-10-24(3)11-14-27)18-20-33(26,5)32(29)19-21-34(30,31)6/h10-14,23,25,28-32H,7-9,15-22H2,1-6H3/t25-,28-,29+,30-,31-,32+,33-,34+/m1/s1. The van der Waals surface area contributed by atoms with E-state index in [-0.39, 0.29) is 0 Å². The van der Waals surface area contributed by atoms with Gasteiger partial charge in [-0.2, -0.15) is 0 Å². The Balaban J connectivity index is 1.26. The fraction of sp³-hybridized carbons (Fsp3) is 0.765. The third-order valence-corrected chi connectivity index (χ3v) is 11.6. The zero-order valence-electron chi connectivity index (χ0n) is 23.6. The van der Waals surface area contributed by atoms with Crippen LogP contribution in [-0.4, -0.2) is 6.10 Å². The molecule has 0 bridgehead atoms. The Bertz CT molecular complexity index is 896. The van der Waals surface area contributed by atoms with Gasteiger partial charge in [0.05, 0.1) is 0 Å². The second kappa shape index (κ2) is 9.90. The van der Waals surface area contributed by atoms with Crippen LogP contribution in [0.4, 0.5) is 0 Å². The van der Waals surface area contributed by atoms with Crippen LogP contribution in [0, 0.1) is 53.3 Å². The molecule has 0 N–H and O–H groups in total. The number of benzene rings is 1. The summed E-state index contributed by atoms with van der Waals surface area (Å²) in [6.07, 6.45) is 18.3. The van der Waals surface area contributed by atoms with E-state index >= 15 is 0 Å². The molecule has 4 aliphatic rings. The van der Waals surface area contributed by atoms with Gasteiger partial charge in [-0.1, -0.05) is 83.2 Å². The molecule has 0 spiro atoms. The molecule has 0 heterocycles. The smallest absolute Gasteiger partial charge is 0.119 e. The van der Waals surface area contributed by atoms with Gasteiger partial charge in [-0.3, -0.25) is 0 Å². The van der Waals surface area contributed by atoms with Crippen molar-refractivity contribution in [2.45, 2.75) is 118 Å². The first-order valence-corrected chi connectivity index (χ1v) is 15.1. The molecule has 4 aliphatic carbocycles. The largest absolute Gasteiger partial charge is 0.490 e. The van der Waals surface area contributed by atoms with Crippen LogP contribution in [0.3, 0.4) is 0 Å². The SMILES string of the molecule is Cc1ccc(O[C@@H]2CC[C@]3(C)C(=CC[C@H]4[C@H]5CC[C@H]([C@H](C)CCCC(C)C)[C@]5(C)CC[C@@H]43)C2)cc1. The summed E-state index contributed by atoms with van der Waals surface area (Å²) >= 11 is 0. The molecule has 0 amide bonds. The van der Waals surface area contributed by atoms with Crippen LogP contribution in [0.15, 0.2) is 35.9 Å². The molecule has 194 valence electrons. The maximum absolute atomic E-state index is 6.47. The van der Waals surface area contributed by atoms with E-state index in [0.717, 1.165) is 47.7 Å². The van der Waals surface area contributed by atoms with Crippen molar-refractivity contribution in [2.75, 3.05) is 0 Å². The molecule has 3 fully saturated rings. The third-order valence-electron chi connectivity index (χ3n) is 11.6. The summed E-state index contributed by atoms with van der Waals surface area (Å²) in [6, 6.07) is 8.64. The van der Waals surface area contributed by atoms with Gasteiger partial charge in [0.1, 0.15) is 11.9 Å². The van der Waals surface area contributed by atoms with E-state index < -0.39 is 0 Å². The van der Waals surface area contributed by atoms with Crippen LogP contribution >= 0.6 is 0 Å². The highest BCUT2D eigenvalue weighted by molar-refractivity contribution is 5.29. The highest BCUT2D eigenvalue weighted by Gasteiger charge is 2.59. The van der Waals surface area contributed by atoms with Gasteiger partial charge in [-0.15, -0.1) is 0 Å². The van der Waals surface area contributed by atoms with Crippen molar-refractivity contribution in [2.24, 2.45) is 46.3 Å². The maximum Gasteiger partial charge on any atom is 0.119 e. The van der Waals surface area contributed by atoms with Crippen LogP contribution in [0.1, 0.15) is 111 Å². The van der Waals surface area contributed by atoms with Gasteiger partial charge >= 0.3 is 0 Å². The van der Waals surface area contributed by atoms with E-state index in [1.165, 1.54) is 69.8 Å². The molecule has 0 aromatic heterocycles. The number of aryl methyl sites for hydroxylation is 1. The lowest BCUT2D eigenvalue weighted by Gasteiger charge is -2.58. The molecule has 35 heavy (non-hydrogen) atoms. The van der Waals surface area contributed by atoms with Gasteiger partial charge in [-0.25, -0.2) is 0 Å². The predicted octanol–water partition coefficient (Wildman–Crippen LogP) is 9.78. The van der Waals surface area contributed by atoms with Crippen LogP contribution < -0.4 is 4.74 Å². The van der Waals surface area contributed by atoms with E-state index in [2.05, 4.69) is 71.9 Å². The fourth-order valence-corrected chi connectivity index (χ4v) is 9.56. The van der Waals surface area contributed by atoms with Gasteiger partial charge in [0.25, 0.3) is 0 Å². The molecule has 1 nitrogen and oxygen atoms in total. The van der Waals surface area contributed by atoms with Crippen molar-refractivity contribution in [3.63, 3.8) is 0 Å². The number of hydrogen-bond acceptors (Lipinski definition) is 1. The minimum absolute atomic E-state index is 0.352. The minimum Gasteiger partial charge on any atom is -0.490 e. The first-order chi connectivity index (χ1) is 16.7. The van der Waals surface area contributed by atoms with Crippen LogP contribution in [0.5, 0.6) is 5.75 Å². The second-order valence-electron chi connectivity index (χ2n) is 14.1. The highest BCUT2D eigenvalue weighted by Crippen LogP contribution is 2.67. The molecule has 1 aromatic rings. The first-order valence-electron chi connectivity index (χ1n) is 15.1. The van der Waals surface area contributed by atoms with Crippen molar-refractivity contribution in [3.05, 3.63) is 41.5 Å². The minimum atomic E-state index is 0.352. The third kappa shape index (κ3) is 4.75. The van der Waals surface area contributed by atoms with E-state index in [1.807, 2.05) is 0 Å². The quantitative estimate of drug-likeness (QED) is 0.356. The fourth-order valence-electron chi connectivity index (χ4n) is 9.56. The van der Waals surface area contributed by atoms with Gasteiger partial charge in [0, 0.05) is 6.42 Å². The van der Waals surface area contributed by atoms with E-state index in [4.69, 9.17) is 4.74 Å². The molecule has 0 saturated heterocycles. The lowest BCUT2D eigenvalue weighted by Crippen LogP contribution is -2.51. The van der Waals surface area contributed by atoms with Crippen LogP contribution in [0.25, 0.3) is 0 Å². The van der Waals surface area contributed by atoms with Gasteiger partial charge in [-0.05, 0) is 110 Å². The molecule has 0 radical (unpaired) electrons. The summed E-state index contributed by atoms with van der Waals surface area (Å²) in [5, 5.41) is 0. The molecule has 8 atom stereocenters. The average Bonchev–Trinajstić information content (AvgIpc) is 3.18. The van der Waals surface area contributed by atoms with E-state index in [0.29, 0.717) is 16.9 Å². The first kappa shape index (κ1) is 25.4. The molecular weight excluding hydrogens is 424 g/mol. The summed E-state index contributed by atoms with van der Waals surface area (Å²) < 4.78 is 6.47. The molecule has 5 rings (SSSR count). The Morgan fingerprint density at radius 1 is 0.914 bits per heavy atom. The summed E-state index contributed by atoms with van der Waals surface area (Å²) in [6.45, 7) is 14.9. The summed E-state index contributed by atoms with van der Waals surface area (Å²) in [4.78, 5) is 0. The Labute approximate surface area is 216 Å². The Morgan fingerprint density at radius 2 is 1.69 bits per heavy atom. The maximum atomic E-state index is 6.47. The molecule has 1 heteroatoms. The zero-order chi connectivity index (χ0) is 24.8. The topological polar surface area (TPSA) is 9.23 Å². The molecule has 0 unspecified atom stereocenters. The Kier molecular flexibility index (Phi) is 7.19. The lowest BCUT2D eigenvalue weighted by molar-refractivity contribution is -0.0559. The van der Waals surface area contributed by atoms with Crippen molar-refractivity contribution >= 4 is 0 Å². The number of hydrogen-bond donors (Lipinski definition) is 0. The Hall–Kier alpha value is -1.24. The van der Waals surface area contributed by atoms with Crippen molar-refractivity contribution < 1.29 is 4.74 Å². The van der Waals surface area contributed by atoms with Crippen LogP contribution in [-0.2, 0) is 0 Å². The normalized spacial score (nSPS) is 39.4. The van der Waals surface area contributed by atoms with Crippen molar-refractivity contribution in [1.82, 2.24) is 0 Å².